The molecule has 0 spiro atoms. The van der Waals surface area contributed by atoms with E-state index in [1.165, 1.54) is 0 Å². The van der Waals surface area contributed by atoms with E-state index in [2.05, 4.69) is 26.7 Å². The van der Waals surface area contributed by atoms with Gasteiger partial charge in [-0.1, -0.05) is 6.07 Å². The maximum atomic E-state index is 5.31. The Morgan fingerprint density at radius 2 is 2.14 bits per heavy atom. The molecule has 0 atom stereocenters. The van der Waals surface area contributed by atoms with Crippen LogP contribution in [-0.2, 0) is 11.3 Å². The van der Waals surface area contributed by atoms with E-state index >= 15 is 0 Å². The largest absolute Gasteiger partial charge is 0.382 e. The Bertz CT molecular complexity index is 440. The van der Waals surface area contributed by atoms with E-state index in [9.17, 15) is 0 Å². The van der Waals surface area contributed by atoms with Crippen molar-refractivity contribution in [1.82, 2.24) is 15.6 Å². The maximum Gasteiger partial charge on any atom is 0.191 e. The number of aliphatic imine (C=N–C) groups is 1. The third kappa shape index (κ3) is 7.79. The Labute approximate surface area is 150 Å². The lowest BCUT2D eigenvalue weighted by Gasteiger charge is -2.17. The van der Waals surface area contributed by atoms with E-state index in [-0.39, 0.29) is 24.0 Å². The van der Waals surface area contributed by atoms with Gasteiger partial charge in [-0.05, 0) is 19.4 Å². The number of ether oxygens (including phenoxy) is 1. The minimum atomic E-state index is 0. The zero-order valence-corrected chi connectivity index (χ0v) is 16.3. The first-order chi connectivity index (χ1) is 10.2. The highest BCUT2D eigenvalue weighted by Gasteiger charge is 2.05. The van der Waals surface area contributed by atoms with Gasteiger partial charge in [-0.3, -0.25) is 4.99 Å². The van der Waals surface area contributed by atoms with Crippen molar-refractivity contribution in [3.63, 3.8) is 0 Å². The summed E-state index contributed by atoms with van der Waals surface area (Å²) in [6.07, 6.45) is 2.77. The summed E-state index contributed by atoms with van der Waals surface area (Å²) in [6.45, 7) is 5.07. The van der Waals surface area contributed by atoms with Crippen LogP contribution in [0.3, 0.4) is 0 Å². The molecule has 1 aromatic heterocycles. The van der Waals surface area contributed by atoms with Crippen molar-refractivity contribution in [2.75, 3.05) is 45.8 Å². The number of hydrogen-bond acceptors (Lipinski definition) is 4. The summed E-state index contributed by atoms with van der Waals surface area (Å²) >= 11 is 0. The van der Waals surface area contributed by atoms with E-state index in [1.807, 2.05) is 32.0 Å². The van der Waals surface area contributed by atoms with Crippen LogP contribution in [0, 0.1) is 0 Å². The van der Waals surface area contributed by atoms with Crippen molar-refractivity contribution in [1.29, 1.82) is 0 Å². The standard InChI is InChI=1S/C15H27N5O.HI/c1-5-21-11-7-10-18-15(16-2)19-12-13-8-6-9-17-14(13)20(3)4;/h6,8-9H,5,7,10-12H2,1-4H3,(H2,16,18,19);1H. The number of halogens is 1. The van der Waals surface area contributed by atoms with Gasteiger partial charge in [-0.25, -0.2) is 4.98 Å². The van der Waals surface area contributed by atoms with Crippen LogP contribution < -0.4 is 15.5 Å². The minimum absolute atomic E-state index is 0. The molecule has 0 bridgehead atoms. The fourth-order valence-corrected chi connectivity index (χ4v) is 1.90. The Morgan fingerprint density at radius 3 is 2.77 bits per heavy atom. The Kier molecular flexibility index (Phi) is 11.8. The van der Waals surface area contributed by atoms with Crippen molar-refractivity contribution < 1.29 is 4.74 Å². The molecule has 1 heterocycles. The summed E-state index contributed by atoms with van der Waals surface area (Å²) in [5.74, 6) is 1.76. The van der Waals surface area contributed by atoms with Gasteiger partial charge in [0.25, 0.3) is 0 Å². The summed E-state index contributed by atoms with van der Waals surface area (Å²) in [4.78, 5) is 10.6. The van der Waals surface area contributed by atoms with Crippen molar-refractivity contribution in [2.24, 2.45) is 4.99 Å². The Balaban J connectivity index is 0.00000441. The summed E-state index contributed by atoms with van der Waals surface area (Å²) in [7, 11) is 5.76. The van der Waals surface area contributed by atoms with Crippen molar-refractivity contribution in [3.05, 3.63) is 23.9 Å². The SMILES string of the molecule is CCOCCCNC(=NC)NCc1cccnc1N(C)C.I. The number of pyridine rings is 1. The average Bonchev–Trinajstić information content (AvgIpc) is 2.50. The molecule has 0 fully saturated rings. The molecule has 0 amide bonds. The molecule has 0 aliphatic heterocycles. The molecule has 0 saturated carbocycles. The van der Waals surface area contributed by atoms with Gasteiger partial charge in [0.2, 0.25) is 0 Å². The fourth-order valence-electron chi connectivity index (χ4n) is 1.90. The quantitative estimate of drug-likeness (QED) is 0.291. The second-order valence-corrected chi connectivity index (χ2v) is 4.78. The molecule has 6 nitrogen and oxygen atoms in total. The molecule has 2 N–H and O–H groups in total. The zero-order chi connectivity index (χ0) is 15.5. The normalized spacial score (nSPS) is 10.8. The van der Waals surface area contributed by atoms with Gasteiger partial charge >= 0.3 is 0 Å². The molecule has 1 aromatic rings. The summed E-state index contributed by atoms with van der Waals surface area (Å²) < 4.78 is 5.31. The van der Waals surface area contributed by atoms with Crippen LogP contribution in [0.4, 0.5) is 5.82 Å². The number of anilines is 1. The number of nitrogens with one attached hydrogen (secondary N) is 2. The smallest absolute Gasteiger partial charge is 0.191 e. The topological polar surface area (TPSA) is 61.8 Å². The molecule has 0 radical (unpaired) electrons. The summed E-state index contributed by atoms with van der Waals surface area (Å²) in [5.41, 5.74) is 1.14. The van der Waals surface area contributed by atoms with Crippen LogP contribution in [0.1, 0.15) is 18.9 Å². The molecular weight excluding hydrogens is 393 g/mol. The molecule has 0 aromatic carbocycles. The molecule has 0 aliphatic rings. The molecule has 0 unspecified atom stereocenters. The predicted molar refractivity (Wildman–Crippen MR) is 103 cm³/mol. The molecule has 7 heteroatoms. The van der Waals surface area contributed by atoms with Crippen molar-refractivity contribution in [2.45, 2.75) is 19.9 Å². The van der Waals surface area contributed by atoms with Gasteiger partial charge in [0.15, 0.2) is 5.96 Å². The molecule has 1 rings (SSSR count). The lowest BCUT2D eigenvalue weighted by molar-refractivity contribution is 0.145. The van der Waals surface area contributed by atoms with Crippen LogP contribution in [0.2, 0.25) is 0 Å². The van der Waals surface area contributed by atoms with Crippen LogP contribution >= 0.6 is 24.0 Å². The number of hydrogen-bond donors (Lipinski definition) is 2. The highest BCUT2D eigenvalue weighted by Crippen LogP contribution is 2.13. The predicted octanol–water partition coefficient (Wildman–Crippen LogP) is 1.86. The third-order valence-corrected chi connectivity index (χ3v) is 2.92. The Hall–Kier alpha value is -1.09. The van der Waals surface area contributed by atoms with Gasteiger partial charge < -0.3 is 20.3 Å². The molecule has 0 aliphatic carbocycles. The molecule has 126 valence electrons. The highest BCUT2D eigenvalue weighted by molar-refractivity contribution is 14.0. The van der Waals surface area contributed by atoms with Crippen molar-refractivity contribution >= 4 is 35.8 Å². The van der Waals surface area contributed by atoms with Gasteiger partial charge in [0.1, 0.15) is 5.82 Å². The lowest BCUT2D eigenvalue weighted by atomic mass is 10.2. The van der Waals surface area contributed by atoms with Gasteiger partial charge in [0.05, 0.1) is 0 Å². The molecular formula is C15H28IN5O. The van der Waals surface area contributed by atoms with E-state index in [4.69, 9.17) is 4.74 Å². The minimum Gasteiger partial charge on any atom is -0.382 e. The van der Waals surface area contributed by atoms with Gasteiger partial charge in [-0.15, -0.1) is 24.0 Å². The monoisotopic (exact) mass is 421 g/mol. The second-order valence-electron chi connectivity index (χ2n) is 4.78. The number of aromatic nitrogens is 1. The third-order valence-electron chi connectivity index (χ3n) is 2.92. The number of guanidine groups is 1. The Morgan fingerprint density at radius 1 is 1.36 bits per heavy atom. The second kappa shape index (κ2) is 12.5. The first kappa shape index (κ1) is 20.9. The first-order valence-corrected chi connectivity index (χ1v) is 7.32. The number of rotatable bonds is 8. The zero-order valence-electron chi connectivity index (χ0n) is 13.9. The average molecular weight is 421 g/mol. The van der Waals surface area contributed by atoms with Gasteiger partial charge in [0, 0.05) is 59.2 Å². The molecule has 22 heavy (non-hydrogen) atoms. The van der Waals surface area contributed by atoms with E-state index in [1.54, 1.807) is 13.2 Å². The first-order valence-electron chi connectivity index (χ1n) is 7.32. The van der Waals surface area contributed by atoms with Crippen LogP contribution in [0.15, 0.2) is 23.3 Å². The highest BCUT2D eigenvalue weighted by atomic mass is 127. The van der Waals surface area contributed by atoms with E-state index < -0.39 is 0 Å². The van der Waals surface area contributed by atoms with Gasteiger partial charge in [-0.2, -0.15) is 0 Å². The summed E-state index contributed by atoms with van der Waals surface area (Å²) in [5, 5.41) is 6.58. The van der Waals surface area contributed by atoms with E-state index in [0.717, 1.165) is 43.5 Å². The number of nitrogens with zero attached hydrogens (tertiary/aromatic N) is 3. The maximum absolute atomic E-state index is 5.31. The van der Waals surface area contributed by atoms with E-state index in [0.29, 0.717) is 6.54 Å². The van der Waals surface area contributed by atoms with Crippen LogP contribution in [-0.4, -0.2) is 51.8 Å². The lowest BCUT2D eigenvalue weighted by Crippen LogP contribution is -2.37. The molecule has 0 saturated heterocycles. The van der Waals surface area contributed by atoms with Crippen LogP contribution in [0.25, 0.3) is 0 Å². The van der Waals surface area contributed by atoms with Crippen LogP contribution in [0.5, 0.6) is 0 Å². The fraction of sp³-hybridized carbons (Fsp3) is 0.600. The summed E-state index contributed by atoms with van der Waals surface area (Å²) in [6, 6.07) is 4.01. The van der Waals surface area contributed by atoms with Crippen molar-refractivity contribution in [3.8, 4) is 0 Å².